The molecule has 1 aromatic carbocycles. The molecule has 0 radical (unpaired) electrons. The Labute approximate surface area is 98.3 Å². The lowest BCUT2D eigenvalue weighted by molar-refractivity contribution is 0.607. The first-order valence-corrected chi connectivity index (χ1v) is 6.75. The molecule has 16 heavy (non-hydrogen) atoms. The van der Waals surface area contributed by atoms with Crippen molar-refractivity contribution < 1.29 is 8.42 Å². The molecule has 0 saturated heterocycles. The molecule has 2 aromatic rings. The molecule has 1 N–H and O–H groups in total. The Hall–Kier alpha value is -1.33. The van der Waals surface area contributed by atoms with E-state index in [0.29, 0.717) is 16.2 Å². The van der Waals surface area contributed by atoms with Crippen LogP contribution in [0.5, 0.6) is 0 Å². The summed E-state index contributed by atoms with van der Waals surface area (Å²) in [6.45, 7) is 0. The second-order valence-corrected chi connectivity index (χ2v) is 5.59. The van der Waals surface area contributed by atoms with Crippen molar-refractivity contribution in [1.29, 1.82) is 0 Å². The van der Waals surface area contributed by atoms with Gasteiger partial charge in [-0.3, -0.25) is 9.71 Å². The molecule has 0 spiro atoms. The summed E-state index contributed by atoms with van der Waals surface area (Å²) in [7, 11) is -3.33. The van der Waals surface area contributed by atoms with Crippen LogP contribution < -0.4 is 4.72 Å². The van der Waals surface area contributed by atoms with Crippen LogP contribution in [0, 0.1) is 0 Å². The molecule has 0 aliphatic carbocycles. The number of sulfonamides is 1. The van der Waals surface area contributed by atoms with E-state index >= 15 is 0 Å². The third-order valence-electron chi connectivity index (χ3n) is 1.97. The Morgan fingerprint density at radius 3 is 2.81 bits per heavy atom. The largest absolute Gasteiger partial charge is 0.282 e. The molecule has 0 fully saturated rings. The number of rotatable bonds is 2. The number of aromatic nitrogens is 1. The number of pyridine rings is 1. The van der Waals surface area contributed by atoms with Crippen molar-refractivity contribution in [1.82, 2.24) is 4.98 Å². The standard InChI is InChI=1S/C10H9ClN2O2S/c1-16(14,15)13-9-6-8(11)5-7-3-2-4-12-10(7)9/h2-6,13H,1H3. The van der Waals surface area contributed by atoms with E-state index in [1.54, 1.807) is 18.3 Å². The van der Waals surface area contributed by atoms with Gasteiger partial charge in [0.1, 0.15) is 0 Å². The molecule has 0 bridgehead atoms. The lowest BCUT2D eigenvalue weighted by Gasteiger charge is -2.07. The first-order valence-electron chi connectivity index (χ1n) is 4.48. The molecule has 1 heterocycles. The molecule has 0 aliphatic heterocycles. The summed E-state index contributed by atoms with van der Waals surface area (Å²) in [5, 5.41) is 1.26. The smallest absolute Gasteiger partial charge is 0.229 e. The van der Waals surface area contributed by atoms with Crippen LogP contribution in [0.1, 0.15) is 0 Å². The Balaban J connectivity index is 2.68. The van der Waals surface area contributed by atoms with E-state index in [4.69, 9.17) is 11.6 Å². The van der Waals surface area contributed by atoms with Gasteiger partial charge in [-0.25, -0.2) is 8.42 Å². The molecule has 1 aromatic heterocycles. The minimum Gasteiger partial charge on any atom is -0.282 e. The Kier molecular flexibility index (Phi) is 2.73. The van der Waals surface area contributed by atoms with Crippen molar-refractivity contribution in [3.8, 4) is 0 Å². The average molecular weight is 257 g/mol. The van der Waals surface area contributed by atoms with E-state index in [-0.39, 0.29) is 0 Å². The van der Waals surface area contributed by atoms with Gasteiger partial charge in [0.15, 0.2) is 0 Å². The Morgan fingerprint density at radius 2 is 2.12 bits per heavy atom. The second-order valence-electron chi connectivity index (χ2n) is 3.40. The monoisotopic (exact) mass is 256 g/mol. The second kappa shape index (κ2) is 3.92. The van der Waals surface area contributed by atoms with Crippen LogP contribution in [0.4, 0.5) is 5.69 Å². The first kappa shape index (κ1) is 11.2. The fraction of sp³-hybridized carbons (Fsp3) is 0.100. The van der Waals surface area contributed by atoms with Gasteiger partial charge >= 0.3 is 0 Å². The maximum Gasteiger partial charge on any atom is 0.229 e. The van der Waals surface area contributed by atoms with E-state index in [1.807, 2.05) is 6.07 Å². The highest BCUT2D eigenvalue weighted by Crippen LogP contribution is 2.26. The number of fused-ring (bicyclic) bond motifs is 1. The van der Waals surface area contributed by atoms with Crippen molar-refractivity contribution in [2.75, 3.05) is 11.0 Å². The summed E-state index contributed by atoms with van der Waals surface area (Å²) >= 11 is 5.89. The van der Waals surface area contributed by atoms with Crippen molar-refractivity contribution >= 4 is 38.2 Å². The predicted molar refractivity (Wildman–Crippen MR) is 65.2 cm³/mol. The van der Waals surface area contributed by atoms with Crippen molar-refractivity contribution in [3.63, 3.8) is 0 Å². The third kappa shape index (κ3) is 2.43. The van der Waals surface area contributed by atoms with Crippen LogP contribution in [0.2, 0.25) is 5.02 Å². The molecule has 0 saturated carbocycles. The van der Waals surface area contributed by atoms with E-state index in [1.165, 1.54) is 6.07 Å². The van der Waals surface area contributed by atoms with E-state index < -0.39 is 10.0 Å². The fourth-order valence-electron chi connectivity index (χ4n) is 1.43. The van der Waals surface area contributed by atoms with Gasteiger partial charge in [0.05, 0.1) is 17.5 Å². The highest BCUT2D eigenvalue weighted by Gasteiger charge is 2.08. The van der Waals surface area contributed by atoms with Gasteiger partial charge in [0.2, 0.25) is 10.0 Å². The van der Waals surface area contributed by atoms with Crippen LogP contribution in [-0.4, -0.2) is 19.7 Å². The Bertz CT molecular complexity index is 640. The van der Waals surface area contributed by atoms with Crippen molar-refractivity contribution in [2.24, 2.45) is 0 Å². The fourth-order valence-corrected chi connectivity index (χ4v) is 2.21. The summed E-state index contributed by atoms with van der Waals surface area (Å²) in [5.74, 6) is 0. The summed E-state index contributed by atoms with van der Waals surface area (Å²) in [6, 6.07) is 6.86. The van der Waals surface area contributed by atoms with Gasteiger partial charge in [-0.2, -0.15) is 0 Å². The zero-order valence-corrected chi connectivity index (χ0v) is 10.0. The molecule has 0 aliphatic rings. The molecule has 0 amide bonds. The van der Waals surface area contributed by atoms with Gasteiger partial charge in [-0.05, 0) is 18.2 Å². The van der Waals surface area contributed by atoms with Gasteiger partial charge in [-0.15, -0.1) is 0 Å². The highest BCUT2D eigenvalue weighted by atomic mass is 35.5. The molecule has 0 atom stereocenters. The molecule has 0 unspecified atom stereocenters. The van der Waals surface area contributed by atoms with E-state index in [0.717, 1.165) is 11.6 Å². The average Bonchev–Trinajstić information content (AvgIpc) is 2.14. The molecular weight excluding hydrogens is 248 g/mol. The van der Waals surface area contributed by atoms with Crippen LogP contribution in [-0.2, 0) is 10.0 Å². The SMILES string of the molecule is CS(=O)(=O)Nc1cc(Cl)cc2cccnc12. The summed E-state index contributed by atoms with van der Waals surface area (Å²) in [6.07, 6.45) is 2.69. The number of hydrogen-bond donors (Lipinski definition) is 1. The summed E-state index contributed by atoms with van der Waals surface area (Å²) < 4.78 is 24.7. The molecule has 84 valence electrons. The Morgan fingerprint density at radius 1 is 1.38 bits per heavy atom. The van der Waals surface area contributed by atoms with Gasteiger partial charge in [0, 0.05) is 16.6 Å². The van der Waals surface area contributed by atoms with Crippen molar-refractivity contribution in [3.05, 3.63) is 35.5 Å². The molecule has 4 nitrogen and oxygen atoms in total. The molecule has 6 heteroatoms. The third-order valence-corrected chi connectivity index (χ3v) is 2.77. The zero-order chi connectivity index (χ0) is 11.8. The number of benzene rings is 1. The molecule has 2 rings (SSSR count). The van der Waals surface area contributed by atoms with Gasteiger partial charge < -0.3 is 0 Å². The molecular formula is C10H9ClN2O2S. The van der Waals surface area contributed by atoms with Gasteiger partial charge in [-0.1, -0.05) is 17.7 Å². The van der Waals surface area contributed by atoms with Crippen molar-refractivity contribution in [2.45, 2.75) is 0 Å². The topological polar surface area (TPSA) is 59.1 Å². The maximum atomic E-state index is 11.2. The summed E-state index contributed by atoms with van der Waals surface area (Å²) in [4.78, 5) is 4.12. The van der Waals surface area contributed by atoms with Gasteiger partial charge in [0.25, 0.3) is 0 Å². The highest BCUT2D eigenvalue weighted by molar-refractivity contribution is 7.92. The number of nitrogens with one attached hydrogen (secondary N) is 1. The van der Waals surface area contributed by atoms with Crippen LogP contribution in [0.3, 0.4) is 0 Å². The number of nitrogens with zero attached hydrogens (tertiary/aromatic N) is 1. The van der Waals surface area contributed by atoms with Crippen LogP contribution in [0.15, 0.2) is 30.5 Å². The number of hydrogen-bond acceptors (Lipinski definition) is 3. The number of halogens is 1. The summed E-state index contributed by atoms with van der Waals surface area (Å²) in [5.41, 5.74) is 0.975. The maximum absolute atomic E-state index is 11.2. The minimum absolute atomic E-state index is 0.394. The van der Waals surface area contributed by atoms with Crippen LogP contribution >= 0.6 is 11.6 Å². The first-order chi connectivity index (χ1) is 7.46. The van der Waals surface area contributed by atoms with E-state index in [2.05, 4.69) is 9.71 Å². The quantitative estimate of drug-likeness (QED) is 0.897. The van der Waals surface area contributed by atoms with Crippen LogP contribution in [0.25, 0.3) is 10.9 Å². The normalized spacial score (nSPS) is 11.6. The predicted octanol–water partition coefficient (Wildman–Crippen LogP) is 2.26. The minimum atomic E-state index is -3.33. The number of anilines is 1. The lowest BCUT2D eigenvalue weighted by atomic mass is 10.2. The lowest BCUT2D eigenvalue weighted by Crippen LogP contribution is -2.10. The van der Waals surface area contributed by atoms with E-state index in [9.17, 15) is 8.42 Å². The zero-order valence-electron chi connectivity index (χ0n) is 8.44.